The van der Waals surface area contributed by atoms with Crippen molar-refractivity contribution in [3.8, 4) is 0 Å². The third-order valence-electron chi connectivity index (χ3n) is 12.3. The zero-order valence-electron chi connectivity index (χ0n) is 40.5. The summed E-state index contributed by atoms with van der Waals surface area (Å²) in [7, 11) is 0. The van der Waals surface area contributed by atoms with E-state index < -0.39 is 6.10 Å². The van der Waals surface area contributed by atoms with Crippen molar-refractivity contribution in [3.63, 3.8) is 0 Å². The quantitative estimate of drug-likeness (QED) is 0.0345. The highest BCUT2D eigenvalue weighted by molar-refractivity contribution is 5.71. The van der Waals surface area contributed by atoms with E-state index in [2.05, 4.69) is 41.5 Å². The zero-order chi connectivity index (χ0) is 43.4. The SMILES string of the molecule is CCC(C)CCCCCCCCCCCCCCCCC(=O)OC[C@H](COC(=O)CCCCCCCCC(C)C)OC(=O)CCCCCCCCCCCCCC(C)C. The molecule has 0 aromatic rings. The molecule has 6 nitrogen and oxygen atoms in total. The molecule has 0 bridgehead atoms. The lowest BCUT2D eigenvalue weighted by Gasteiger charge is -2.18. The Balaban J connectivity index is 4.25. The summed E-state index contributed by atoms with van der Waals surface area (Å²) >= 11 is 0. The summed E-state index contributed by atoms with van der Waals surface area (Å²) in [6.45, 7) is 13.7. The predicted octanol–water partition coefficient (Wildman–Crippen LogP) is 16.8. The van der Waals surface area contributed by atoms with Crippen LogP contribution in [-0.4, -0.2) is 37.2 Å². The summed E-state index contributed by atoms with van der Waals surface area (Å²) in [5, 5.41) is 0. The van der Waals surface area contributed by atoms with E-state index in [0.717, 1.165) is 75.5 Å². The second-order valence-electron chi connectivity index (χ2n) is 19.4. The van der Waals surface area contributed by atoms with Crippen LogP contribution in [0.1, 0.15) is 286 Å². The number of esters is 3. The monoisotopic (exact) mass is 835 g/mol. The van der Waals surface area contributed by atoms with Gasteiger partial charge in [-0.3, -0.25) is 14.4 Å². The van der Waals surface area contributed by atoms with Crippen molar-refractivity contribution >= 4 is 17.9 Å². The molecule has 6 heteroatoms. The molecule has 0 rings (SSSR count). The lowest BCUT2D eigenvalue weighted by Crippen LogP contribution is -2.30. The number of hydrogen-bond acceptors (Lipinski definition) is 6. The molecule has 2 atom stereocenters. The van der Waals surface area contributed by atoms with Crippen LogP contribution in [0.4, 0.5) is 0 Å². The highest BCUT2D eigenvalue weighted by Gasteiger charge is 2.19. The van der Waals surface area contributed by atoms with Gasteiger partial charge in [-0.2, -0.15) is 0 Å². The minimum atomic E-state index is -0.763. The summed E-state index contributed by atoms with van der Waals surface area (Å²) in [6.07, 6.45) is 43.8. The van der Waals surface area contributed by atoms with Crippen LogP contribution >= 0.6 is 0 Å². The van der Waals surface area contributed by atoms with Gasteiger partial charge >= 0.3 is 17.9 Å². The Morgan fingerprint density at radius 2 is 0.593 bits per heavy atom. The molecule has 0 N–H and O–H groups in total. The molecular weight excluding hydrogens is 733 g/mol. The lowest BCUT2D eigenvalue weighted by atomic mass is 9.99. The third kappa shape index (κ3) is 45.8. The molecule has 0 aliphatic rings. The molecule has 0 saturated carbocycles. The second-order valence-corrected chi connectivity index (χ2v) is 19.4. The predicted molar refractivity (Wildman–Crippen MR) is 252 cm³/mol. The van der Waals surface area contributed by atoms with Gasteiger partial charge in [-0.25, -0.2) is 0 Å². The van der Waals surface area contributed by atoms with Gasteiger partial charge in [-0.05, 0) is 37.0 Å². The first kappa shape index (κ1) is 57.4. The van der Waals surface area contributed by atoms with E-state index in [1.54, 1.807) is 0 Å². The molecule has 0 aromatic carbocycles. The molecule has 0 heterocycles. The Morgan fingerprint density at radius 1 is 0.339 bits per heavy atom. The van der Waals surface area contributed by atoms with Gasteiger partial charge < -0.3 is 14.2 Å². The highest BCUT2D eigenvalue weighted by atomic mass is 16.6. The van der Waals surface area contributed by atoms with Crippen LogP contribution in [0.5, 0.6) is 0 Å². The van der Waals surface area contributed by atoms with Gasteiger partial charge in [-0.15, -0.1) is 0 Å². The molecule has 0 saturated heterocycles. The summed E-state index contributed by atoms with van der Waals surface area (Å²) in [6, 6.07) is 0. The molecule has 0 aliphatic carbocycles. The number of unbranched alkanes of at least 4 members (excludes halogenated alkanes) is 28. The molecule has 1 unspecified atom stereocenters. The third-order valence-corrected chi connectivity index (χ3v) is 12.3. The van der Waals surface area contributed by atoms with Crippen molar-refractivity contribution in [2.45, 2.75) is 292 Å². The van der Waals surface area contributed by atoms with E-state index in [1.165, 1.54) is 167 Å². The summed E-state index contributed by atoms with van der Waals surface area (Å²) in [5.41, 5.74) is 0. The maximum absolute atomic E-state index is 12.8. The van der Waals surface area contributed by atoms with E-state index in [9.17, 15) is 14.4 Å². The van der Waals surface area contributed by atoms with Crippen molar-refractivity contribution in [1.29, 1.82) is 0 Å². The zero-order valence-corrected chi connectivity index (χ0v) is 40.5. The molecule has 0 radical (unpaired) electrons. The van der Waals surface area contributed by atoms with E-state index in [4.69, 9.17) is 14.2 Å². The first-order valence-electron chi connectivity index (χ1n) is 26.1. The largest absolute Gasteiger partial charge is 0.462 e. The summed E-state index contributed by atoms with van der Waals surface area (Å²) in [5.74, 6) is 1.63. The fourth-order valence-corrected chi connectivity index (χ4v) is 7.91. The molecule has 0 amide bonds. The Hall–Kier alpha value is -1.59. The molecule has 0 fully saturated rings. The van der Waals surface area contributed by atoms with E-state index in [-0.39, 0.29) is 31.1 Å². The van der Waals surface area contributed by atoms with Crippen molar-refractivity contribution in [1.82, 2.24) is 0 Å². The molecule has 0 spiro atoms. The highest BCUT2D eigenvalue weighted by Crippen LogP contribution is 2.18. The van der Waals surface area contributed by atoms with Crippen LogP contribution in [0, 0.1) is 17.8 Å². The normalized spacial score (nSPS) is 12.6. The minimum Gasteiger partial charge on any atom is -0.462 e. The van der Waals surface area contributed by atoms with Gasteiger partial charge in [0.2, 0.25) is 0 Å². The summed E-state index contributed by atoms with van der Waals surface area (Å²) < 4.78 is 16.8. The van der Waals surface area contributed by atoms with E-state index >= 15 is 0 Å². The van der Waals surface area contributed by atoms with Gasteiger partial charge in [0, 0.05) is 19.3 Å². The molecule has 350 valence electrons. The average Bonchev–Trinajstić information content (AvgIpc) is 3.20. The van der Waals surface area contributed by atoms with Crippen LogP contribution in [0.3, 0.4) is 0 Å². The molecular formula is C53H102O6. The maximum atomic E-state index is 12.8. The fraction of sp³-hybridized carbons (Fsp3) is 0.943. The lowest BCUT2D eigenvalue weighted by molar-refractivity contribution is -0.167. The average molecular weight is 835 g/mol. The van der Waals surface area contributed by atoms with Crippen LogP contribution < -0.4 is 0 Å². The number of rotatable bonds is 46. The molecule has 0 aliphatic heterocycles. The minimum absolute atomic E-state index is 0.0653. The maximum Gasteiger partial charge on any atom is 0.306 e. The summed E-state index contributed by atoms with van der Waals surface area (Å²) in [4.78, 5) is 37.9. The number of carbonyl (C=O) groups is 3. The Labute approximate surface area is 368 Å². The topological polar surface area (TPSA) is 78.9 Å². The second kappa shape index (κ2) is 44.5. The Morgan fingerprint density at radius 3 is 0.881 bits per heavy atom. The van der Waals surface area contributed by atoms with Gasteiger partial charge in [-0.1, -0.05) is 247 Å². The number of carbonyl (C=O) groups excluding carboxylic acids is 3. The van der Waals surface area contributed by atoms with Crippen molar-refractivity contribution in [3.05, 3.63) is 0 Å². The first-order valence-corrected chi connectivity index (χ1v) is 26.1. The van der Waals surface area contributed by atoms with Gasteiger partial charge in [0.1, 0.15) is 13.2 Å². The smallest absolute Gasteiger partial charge is 0.306 e. The van der Waals surface area contributed by atoms with Crippen molar-refractivity contribution in [2.24, 2.45) is 17.8 Å². The Bertz CT molecular complexity index is 916. The van der Waals surface area contributed by atoms with Crippen LogP contribution in [0.25, 0.3) is 0 Å². The standard InChI is InChI=1S/C53H102O6/c1-7-49(6)41-35-29-22-18-14-10-8-9-11-15-19-23-30-36-42-51(54)57-45-50(46-58-52(55)43-37-31-26-25-28-34-40-48(4)5)59-53(56)44-38-32-24-20-16-12-13-17-21-27-33-39-47(2)3/h47-50H,7-46H2,1-6H3/t49?,50-/m1/s1. The van der Waals surface area contributed by atoms with Gasteiger partial charge in [0.05, 0.1) is 0 Å². The van der Waals surface area contributed by atoms with Crippen LogP contribution in [-0.2, 0) is 28.6 Å². The Kier molecular flexibility index (Phi) is 43.3. The number of ether oxygens (including phenoxy) is 3. The van der Waals surface area contributed by atoms with Crippen molar-refractivity contribution < 1.29 is 28.6 Å². The van der Waals surface area contributed by atoms with Crippen LogP contribution in [0.15, 0.2) is 0 Å². The van der Waals surface area contributed by atoms with Crippen molar-refractivity contribution in [2.75, 3.05) is 13.2 Å². The molecule has 59 heavy (non-hydrogen) atoms. The number of hydrogen-bond donors (Lipinski definition) is 0. The van der Waals surface area contributed by atoms with E-state index in [0.29, 0.717) is 19.3 Å². The molecule has 0 aromatic heterocycles. The fourth-order valence-electron chi connectivity index (χ4n) is 7.91. The first-order chi connectivity index (χ1) is 28.6. The van der Waals surface area contributed by atoms with Gasteiger partial charge in [0.15, 0.2) is 6.10 Å². The van der Waals surface area contributed by atoms with Crippen LogP contribution in [0.2, 0.25) is 0 Å². The van der Waals surface area contributed by atoms with E-state index in [1.807, 2.05) is 0 Å². The van der Waals surface area contributed by atoms with Gasteiger partial charge in [0.25, 0.3) is 0 Å².